The predicted molar refractivity (Wildman–Crippen MR) is 124 cm³/mol. The third-order valence-corrected chi connectivity index (χ3v) is 5.22. The zero-order chi connectivity index (χ0) is 21.3. The molecule has 3 rings (SSSR count). The quantitative estimate of drug-likeness (QED) is 0.476. The number of ether oxygens (including phenoxy) is 2. The van der Waals surface area contributed by atoms with Crippen LogP contribution >= 0.6 is 23.8 Å². The highest BCUT2D eigenvalue weighted by Gasteiger charge is 2.13. The van der Waals surface area contributed by atoms with E-state index in [1.807, 2.05) is 48.9 Å². The number of hydrogen-bond acceptors (Lipinski definition) is 4. The molecule has 0 saturated heterocycles. The van der Waals surface area contributed by atoms with Crippen LogP contribution in [0, 0.1) is 0 Å². The number of methoxy groups -OCH3 is 2. The Balaban J connectivity index is 1.72. The van der Waals surface area contributed by atoms with Crippen molar-refractivity contribution in [3.8, 4) is 11.5 Å². The van der Waals surface area contributed by atoms with Crippen LogP contribution in [0.1, 0.15) is 12.0 Å². The summed E-state index contributed by atoms with van der Waals surface area (Å²) in [6, 6.07) is 13.4. The number of thiocarbonyl (C=S) groups is 1. The molecule has 158 valence electrons. The topological polar surface area (TPSA) is 51.5 Å². The van der Waals surface area contributed by atoms with Crippen molar-refractivity contribution < 1.29 is 9.47 Å². The Morgan fingerprint density at radius 2 is 1.97 bits per heavy atom. The number of imidazole rings is 1. The van der Waals surface area contributed by atoms with Crippen molar-refractivity contribution in [2.75, 3.05) is 26.1 Å². The Bertz CT molecular complexity index is 948. The Morgan fingerprint density at radius 1 is 1.17 bits per heavy atom. The minimum atomic E-state index is 0.608. The van der Waals surface area contributed by atoms with Crippen molar-refractivity contribution in [3.05, 3.63) is 71.8 Å². The van der Waals surface area contributed by atoms with Gasteiger partial charge in [0.1, 0.15) is 11.5 Å². The van der Waals surface area contributed by atoms with Crippen LogP contribution in [0.3, 0.4) is 0 Å². The minimum absolute atomic E-state index is 0.608. The first-order valence-corrected chi connectivity index (χ1v) is 10.4. The van der Waals surface area contributed by atoms with E-state index in [2.05, 4.69) is 19.8 Å². The Labute approximate surface area is 187 Å². The number of benzene rings is 2. The van der Waals surface area contributed by atoms with E-state index in [0.717, 1.165) is 36.5 Å². The molecule has 0 aliphatic heterocycles. The summed E-state index contributed by atoms with van der Waals surface area (Å²) in [7, 11) is 3.28. The molecule has 0 aliphatic carbocycles. The number of anilines is 1. The van der Waals surface area contributed by atoms with Crippen molar-refractivity contribution in [1.82, 2.24) is 14.5 Å². The second-order valence-electron chi connectivity index (χ2n) is 6.70. The Kier molecular flexibility index (Phi) is 7.93. The summed E-state index contributed by atoms with van der Waals surface area (Å²) in [6.45, 7) is 2.31. The lowest BCUT2D eigenvalue weighted by molar-refractivity contribution is 0.393. The van der Waals surface area contributed by atoms with E-state index in [-0.39, 0.29) is 0 Å². The first kappa shape index (κ1) is 21.9. The minimum Gasteiger partial charge on any atom is -0.497 e. The molecule has 1 heterocycles. The van der Waals surface area contributed by atoms with Gasteiger partial charge in [0.2, 0.25) is 0 Å². The van der Waals surface area contributed by atoms with Gasteiger partial charge < -0.3 is 24.3 Å². The summed E-state index contributed by atoms with van der Waals surface area (Å²) in [6.07, 6.45) is 6.48. The molecule has 0 atom stereocenters. The summed E-state index contributed by atoms with van der Waals surface area (Å²) in [5.41, 5.74) is 1.88. The number of halogens is 1. The smallest absolute Gasteiger partial charge is 0.173 e. The van der Waals surface area contributed by atoms with Crippen molar-refractivity contribution in [1.29, 1.82) is 0 Å². The van der Waals surface area contributed by atoms with Gasteiger partial charge in [-0.2, -0.15) is 0 Å². The van der Waals surface area contributed by atoms with Crippen LogP contribution in [0.2, 0.25) is 5.02 Å². The number of aryl methyl sites for hydroxylation is 1. The van der Waals surface area contributed by atoms with E-state index >= 15 is 0 Å². The van der Waals surface area contributed by atoms with E-state index in [1.54, 1.807) is 26.5 Å². The van der Waals surface area contributed by atoms with E-state index in [1.165, 1.54) is 0 Å². The molecule has 0 radical (unpaired) electrons. The summed E-state index contributed by atoms with van der Waals surface area (Å²) in [5.74, 6) is 1.51. The number of aromatic nitrogens is 2. The molecular formula is C22H25ClN4O2S. The zero-order valence-corrected chi connectivity index (χ0v) is 18.6. The van der Waals surface area contributed by atoms with Gasteiger partial charge in [0.15, 0.2) is 5.11 Å². The normalized spacial score (nSPS) is 10.5. The Morgan fingerprint density at radius 3 is 2.63 bits per heavy atom. The van der Waals surface area contributed by atoms with E-state index < -0.39 is 0 Å². The molecule has 0 aliphatic rings. The lowest BCUT2D eigenvalue weighted by atomic mass is 10.2. The van der Waals surface area contributed by atoms with Crippen molar-refractivity contribution in [3.63, 3.8) is 0 Å². The summed E-state index contributed by atoms with van der Waals surface area (Å²) in [5, 5.41) is 4.52. The lowest BCUT2D eigenvalue weighted by Crippen LogP contribution is -2.35. The zero-order valence-electron chi connectivity index (χ0n) is 17.0. The van der Waals surface area contributed by atoms with Gasteiger partial charge in [0.05, 0.1) is 26.2 Å². The van der Waals surface area contributed by atoms with Gasteiger partial charge in [-0.05, 0) is 54.5 Å². The molecule has 0 amide bonds. The number of nitrogens with one attached hydrogen (secondary N) is 1. The van der Waals surface area contributed by atoms with Crippen molar-refractivity contribution in [2.24, 2.45) is 0 Å². The fraction of sp³-hybridized carbons (Fsp3) is 0.273. The standard InChI is InChI=1S/C22H25ClN4O2S/c1-28-19-7-4-17(5-8-19)15-27(12-3-11-26-13-10-24-16-26)22(30)25-20-14-18(23)6-9-21(20)29-2/h4-10,13-14,16H,3,11-12,15H2,1-2H3,(H,25,30). The summed E-state index contributed by atoms with van der Waals surface area (Å²) >= 11 is 11.9. The molecular weight excluding hydrogens is 420 g/mol. The maximum absolute atomic E-state index is 6.16. The third kappa shape index (κ3) is 6.11. The fourth-order valence-corrected chi connectivity index (χ4v) is 3.48. The first-order chi connectivity index (χ1) is 14.6. The average molecular weight is 445 g/mol. The molecule has 0 fully saturated rings. The van der Waals surface area contributed by atoms with E-state index in [0.29, 0.717) is 22.4 Å². The third-order valence-electron chi connectivity index (χ3n) is 4.63. The maximum atomic E-state index is 6.16. The second kappa shape index (κ2) is 10.8. The molecule has 8 heteroatoms. The molecule has 30 heavy (non-hydrogen) atoms. The highest BCUT2D eigenvalue weighted by atomic mass is 35.5. The van der Waals surface area contributed by atoms with E-state index in [9.17, 15) is 0 Å². The molecule has 3 aromatic rings. The van der Waals surface area contributed by atoms with Crippen LogP contribution in [0.25, 0.3) is 0 Å². The van der Waals surface area contributed by atoms with Crippen LogP contribution in [-0.2, 0) is 13.1 Å². The number of hydrogen-bond donors (Lipinski definition) is 1. The van der Waals surface area contributed by atoms with E-state index in [4.69, 9.17) is 33.3 Å². The van der Waals surface area contributed by atoms with Gasteiger partial charge in [-0.3, -0.25) is 0 Å². The van der Waals surface area contributed by atoms with Crippen molar-refractivity contribution >= 4 is 34.6 Å². The van der Waals surface area contributed by atoms with Crippen LogP contribution in [0.4, 0.5) is 5.69 Å². The molecule has 2 aromatic carbocycles. The molecule has 0 saturated carbocycles. The SMILES string of the molecule is COc1ccc(CN(CCCn2ccnc2)C(=S)Nc2cc(Cl)ccc2OC)cc1. The molecule has 1 aromatic heterocycles. The molecule has 1 N–H and O–H groups in total. The maximum Gasteiger partial charge on any atom is 0.173 e. The average Bonchev–Trinajstić information content (AvgIpc) is 3.27. The molecule has 0 bridgehead atoms. The number of nitrogens with zero attached hydrogens (tertiary/aromatic N) is 3. The second-order valence-corrected chi connectivity index (χ2v) is 7.52. The van der Waals surface area contributed by atoms with Crippen LogP contribution in [0.15, 0.2) is 61.2 Å². The summed E-state index contributed by atoms with van der Waals surface area (Å²) < 4.78 is 12.7. The van der Waals surface area contributed by atoms with Gasteiger partial charge in [0, 0.05) is 37.1 Å². The predicted octanol–water partition coefficient (Wildman–Crippen LogP) is 4.84. The van der Waals surface area contributed by atoms with Crippen LogP contribution in [-0.4, -0.2) is 40.3 Å². The van der Waals surface area contributed by atoms with Gasteiger partial charge in [0.25, 0.3) is 0 Å². The lowest BCUT2D eigenvalue weighted by Gasteiger charge is -2.27. The van der Waals surface area contributed by atoms with Gasteiger partial charge in [-0.1, -0.05) is 23.7 Å². The first-order valence-electron chi connectivity index (χ1n) is 9.57. The van der Waals surface area contributed by atoms with Gasteiger partial charge in [-0.25, -0.2) is 4.98 Å². The molecule has 0 unspecified atom stereocenters. The van der Waals surface area contributed by atoms with Gasteiger partial charge >= 0.3 is 0 Å². The molecule has 0 spiro atoms. The summed E-state index contributed by atoms with van der Waals surface area (Å²) in [4.78, 5) is 6.23. The van der Waals surface area contributed by atoms with Crippen LogP contribution in [0.5, 0.6) is 11.5 Å². The number of rotatable bonds is 9. The van der Waals surface area contributed by atoms with Crippen molar-refractivity contribution in [2.45, 2.75) is 19.5 Å². The largest absolute Gasteiger partial charge is 0.497 e. The monoisotopic (exact) mass is 444 g/mol. The molecule has 6 nitrogen and oxygen atoms in total. The highest BCUT2D eigenvalue weighted by molar-refractivity contribution is 7.80. The Hall–Kier alpha value is -2.77. The fourth-order valence-electron chi connectivity index (χ4n) is 3.04. The van der Waals surface area contributed by atoms with Crippen LogP contribution < -0.4 is 14.8 Å². The van der Waals surface area contributed by atoms with Gasteiger partial charge in [-0.15, -0.1) is 0 Å². The highest BCUT2D eigenvalue weighted by Crippen LogP contribution is 2.28.